The minimum Gasteiger partial charge on any atom is -0.341 e. The van der Waals surface area contributed by atoms with Gasteiger partial charge in [0.2, 0.25) is 0 Å². The predicted molar refractivity (Wildman–Crippen MR) is 104 cm³/mol. The van der Waals surface area contributed by atoms with Crippen molar-refractivity contribution in [1.82, 2.24) is 24.6 Å². The molecule has 6 nitrogen and oxygen atoms in total. The molecule has 4 heterocycles. The Morgan fingerprint density at radius 2 is 2.04 bits per heavy atom. The fourth-order valence-electron chi connectivity index (χ4n) is 4.53. The Morgan fingerprint density at radius 1 is 1.26 bits per heavy atom. The van der Waals surface area contributed by atoms with Crippen molar-refractivity contribution in [2.75, 3.05) is 26.7 Å². The van der Waals surface area contributed by atoms with E-state index < -0.39 is 0 Å². The van der Waals surface area contributed by atoms with Gasteiger partial charge in [-0.3, -0.25) is 19.4 Å². The van der Waals surface area contributed by atoms with Gasteiger partial charge in [-0.1, -0.05) is 19.9 Å². The van der Waals surface area contributed by atoms with E-state index in [1.54, 1.807) is 0 Å². The molecule has 2 aliphatic heterocycles. The molecule has 0 saturated carbocycles. The van der Waals surface area contributed by atoms with Crippen LogP contribution in [0, 0.1) is 5.92 Å². The number of likely N-dealkylation sites (tertiary alicyclic amines) is 1. The molecule has 0 unspecified atom stereocenters. The van der Waals surface area contributed by atoms with Gasteiger partial charge >= 0.3 is 0 Å². The Morgan fingerprint density at radius 3 is 2.70 bits per heavy atom. The summed E-state index contributed by atoms with van der Waals surface area (Å²) in [6, 6.07) is 4.13. The number of piperidine rings is 1. The Labute approximate surface area is 161 Å². The highest BCUT2D eigenvalue weighted by molar-refractivity contribution is 5.96. The van der Waals surface area contributed by atoms with Crippen molar-refractivity contribution >= 4 is 5.91 Å². The van der Waals surface area contributed by atoms with Crippen molar-refractivity contribution in [3.63, 3.8) is 0 Å². The SMILES string of the molecule is CC(C)Cn1cc2c(n1)C1(CCN(Cc3cccnc3)CC1)CN(C)C2=O. The molecule has 1 amide bonds. The monoisotopic (exact) mass is 367 g/mol. The van der Waals surface area contributed by atoms with Gasteiger partial charge in [-0.2, -0.15) is 5.10 Å². The second-order valence-corrected chi connectivity index (χ2v) is 8.59. The lowest BCUT2D eigenvalue weighted by molar-refractivity contribution is 0.0628. The molecule has 144 valence electrons. The van der Waals surface area contributed by atoms with Gasteiger partial charge in [0.25, 0.3) is 5.91 Å². The second-order valence-electron chi connectivity index (χ2n) is 8.59. The quantitative estimate of drug-likeness (QED) is 0.833. The summed E-state index contributed by atoms with van der Waals surface area (Å²) in [5.74, 6) is 0.625. The van der Waals surface area contributed by atoms with E-state index in [1.165, 1.54) is 5.56 Å². The van der Waals surface area contributed by atoms with Crippen LogP contribution in [0.2, 0.25) is 0 Å². The average molecular weight is 367 g/mol. The van der Waals surface area contributed by atoms with Crippen molar-refractivity contribution in [3.05, 3.63) is 47.5 Å². The van der Waals surface area contributed by atoms with Crippen molar-refractivity contribution in [1.29, 1.82) is 0 Å². The molecule has 1 spiro atoms. The molecule has 0 aliphatic carbocycles. The molecule has 4 rings (SSSR count). The fraction of sp³-hybridized carbons (Fsp3) is 0.571. The molecule has 0 atom stereocenters. The van der Waals surface area contributed by atoms with E-state index in [0.717, 1.165) is 56.8 Å². The summed E-state index contributed by atoms with van der Waals surface area (Å²) in [5.41, 5.74) is 3.09. The molecule has 0 aromatic carbocycles. The Kier molecular flexibility index (Phi) is 4.76. The van der Waals surface area contributed by atoms with E-state index in [9.17, 15) is 4.79 Å². The van der Waals surface area contributed by atoms with Gasteiger partial charge in [0.05, 0.1) is 11.3 Å². The lowest BCUT2D eigenvalue weighted by atomic mass is 9.72. The summed E-state index contributed by atoms with van der Waals surface area (Å²) >= 11 is 0. The lowest BCUT2D eigenvalue weighted by Crippen LogP contribution is -2.53. The molecule has 0 N–H and O–H groups in total. The van der Waals surface area contributed by atoms with Crippen molar-refractivity contribution < 1.29 is 4.79 Å². The van der Waals surface area contributed by atoms with Crippen LogP contribution in [0.3, 0.4) is 0 Å². The van der Waals surface area contributed by atoms with E-state index in [1.807, 2.05) is 41.3 Å². The standard InChI is InChI=1S/C21H29N5O/c1-16(2)12-26-14-18-19(23-26)21(15-24(3)20(18)27)6-9-25(10-7-21)13-17-5-4-8-22-11-17/h4-5,8,11,14,16H,6-7,9-10,12-13,15H2,1-3H3. The van der Waals surface area contributed by atoms with Crippen molar-refractivity contribution in [3.8, 4) is 0 Å². The summed E-state index contributed by atoms with van der Waals surface area (Å²) in [5, 5.41) is 4.90. The molecule has 1 saturated heterocycles. The van der Waals surface area contributed by atoms with Crippen LogP contribution in [0.4, 0.5) is 0 Å². The van der Waals surface area contributed by atoms with Crippen LogP contribution in [-0.4, -0.2) is 57.2 Å². The number of likely N-dealkylation sites (N-methyl/N-ethyl adjacent to an activating group) is 1. The van der Waals surface area contributed by atoms with Gasteiger partial charge in [-0.25, -0.2) is 0 Å². The number of nitrogens with zero attached hydrogens (tertiary/aromatic N) is 5. The van der Waals surface area contributed by atoms with Crippen LogP contribution < -0.4 is 0 Å². The van der Waals surface area contributed by atoms with Gasteiger partial charge < -0.3 is 4.90 Å². The van der Waals surface area contributed by atoms with E-state index in [4.69, 9.17) is 5.10 Å². The number of fused-ring (bicyclic) bond motifs is 2. The summed E-state index contributed by atoms with van der Waals surface area (Å²) in [6.45, 7) is 8.97. The number of amides is 1. The number of pyridine rings is 1. The number of rotatable bonds is 4. The smallest absolute Gasteiger partial charge is 0.257 e. The summed E-state index contributed by atoms with van der Waals surface area (Å²) in [7, 11) is 1.93. The van der Waals surface area contributed by atoms with Crippen LogP contribution in [0.5, 0.6) is 0 Å². The highest BCUT2D eigenvalue weighted by Gasteiger charge is 2.46. The average Bonchev–Trinajstić information content (AvgIpc) is 3.07. The normalized spacial score (nSPS) is 19.7. The van der Waals surface area contributed by atoms with E-state index in [-0.39, 0.29) is 11.3 Å². The number of carbonyl (C=O) groups is 1. The first-order valence-corrected chi connectivity index (χ1v) is 9.91. The molecular formula is C21H29N5O. The lowest BCUT2D eigenvalue weighted by Gasteiger charge is -2.45. The third-order valence-corrected chi connectivity index (χ3v) is 5.88. The summed E-state index contributed by atoms with van der Waals surface area (Å²) < 4.78 is 1.98. The molecule has 6 heteroatoms. The van der Waals surface area contributed by atoms with Gasteiger partial charge in [0.15, 0.2) is 0 Å². The van der Waals surface area contributed by atoms with Gasteiger partial charge in [-0.05, 0) is 43.5 Å². The molecular weight excluding hydrogens is 338 g/mol. The van der Waals surface area contributed by atoms with Gasteiger partial charge in [-0.15, -0.1) is 0 Å². The Balaban J connectivity index is 1.54. The minimum absolute atomic E-state index is 0.00827. The molecule has 2 aliphatic rings. The number of aromatic nitrogens is 3. The molecule has 2 aromatic heterocycles. The van der Waals surface area contributed by atoms with Crippen molar-refractivity contribution in [2.24, 2.45) is 5.92 Å². The molecule has 0 radical (unpaired) electrons. The van der Waals surface area contributed by atoms with Crippen LogP contribution >= 0.6 is 0 Å². The van der Waals surface area contributed by atoms with Crippen LogP contribution in [0.25, 0.3) is 0 Å². The maximum Gasteiger partial charge on any atom is 0.257 e. The third kappa shape index (κ3) is 3.50. The largest absolute Gasteiger partial charge is 0.341 e. The minimum atomic E-state index is -0.00827. The molecule has 1 fully saturated rings. The maximum absolute atomic E-state index is 12.7. The van der Waals surface area contributed by atoms with E-state index in [2.05, 4.69) is 29.8 Å². The Hall–Kier alpha value is -2.21. The predicted octanol–water partition coefficient (Wildman–Crippen LogP) is 2.55. The number of hydrogen-bond donors (Lipinski definition) is 0. The molecule has 2 aromatic rings. The molecule has 27 heavy (non-hydrogen) atoms. The van der Waals surface area contributed by atoms with Gasteiger partial charge in [0.1, 0.15) is 0 Å². The summed E-state index contributed by atoms with van der Waals surface area (Å²) in [4.78, 5) is 21.3. The third-order valence-electron chi connectivity index (χ3n) is 5.88. The zero-order valence-corrected chi connectivity index (χ0v) is 16.6. The second kappa shape index (κ2) is 7.08. The Bertz CT molecular complexity index is 805. The first-order valence-electron chi connectivity index (χ1n) is 9.91. The van der Waals surface area contributed by atoms with E-state index >= 15 is 0 Å². The van der Waals surface area contributed by atoms with E-state index in [0.29, 0.717) is 5.92 Å². The maximum atomic E-state index is 12.7. The highest BCUT2D eigenvalue weighted by atomic mass is 16.2. The van der Waals surface area contributed by atoms with Crippen LogP contribution in [0.15, 0.2) is 30.7 Å². The van der Waals surface area contributed by atoms with Crippen LogP contribution in [-0.2, 0) is 18.5 Å². The summed E-state index contributed by atoms with van der Waals surface area (Å²) in [6.07, 6.45) is 7.81. The van der Waals surface area contributed by atoms with Gasteiger partial charge in [0, 0.05) is 50.7 Å². The first-order chi connectivity index (χ1) is 13.0. The number of hydrogen-bond acceptors (Lipinski definition) is 4. The zero-order chi connectivity index (χ0) is 19.0. The van der Waals surface area contributed by atoms with Crippen molar-refractivity contribution in [2.45, 2.75) is 45.2 Å². The first kappa shape index (κ1) is 18.2. The van der Waals surface area contributed by atoms with Crippen LogP contribution in [0.1, 0.15) is 48.3 Å². The number of carbonyl (C=O) groups excluding carboxylic acids is 1. The molecule has 0 bridgehead atoms. The topological polar surface area (TPSA) is 54.3 Å². The highest BCUT2D eigenvalue weighted by Crippen LogP contribution is 2.40. The fourth-order valence-corrected chi connectivity index (χ4v) is 4.53. The zero-order valence-electron chi connectivity index (χ0n) is 16.6.